The first-order valence-electron chi connectivity index (χ1n) is 13.9. The van der Waals surface area contributed by atoms with Crippen LogP contribution in [0, 0.1) is 0 Å². The summed E-state index contributed by atoms with van der Waals surface area (Å²) in [5, 5.41) is 0. The van der Waals surface area contributed by atoms with Gasteiger partial charge < -0.3 is 4.74 Å². The second kappa shape index (κ2) is 18.3. The van der Waals surface area contributed by atoms with Crippen molar-refractivity contribution >= 4 is 0 Å². The number of alkyl halides is 2. The third-order valence-electron chi connectivity index (χ3n) is 6.47. The van der Waals surface area contributed by atoms with E-state index in [-0.39, 0.29) is 6.61 Å². The van der Waals surface area contributed by atoms with Gasteiger partial charge in [0.2, 0.25) is 0 Å². The quantitative estimate of drug-likeness (QED) is 0.174. The lowest BCUT2D eigenvalue weighted by atomic mass is 10.1. The van der Waals surface area contributed by atoms with Crippen LogP contribution in [-0.4, -0.2) is 28.9 Å². The van der Waals surface area contributed by atoms with Crippen LogP contribution >= 0.6 is 0 Å². The van der Waals surface area contributed by atoms with Crippen LogP contribution in [0.5, 0.6) is 5.75 Å². The van der Waals surface area contributed by atoms with E-state index >= 15 is 0 Å². The molecule has 0 amide bonds. The first-order chi connectivity index (χ1) is 17.1. The number of aromatic nitrogens is 2. The van der Waals surface area contributed by atoms with Crippen molar-refractivity contribution in [3.63, 3.8) is 0 Å². The van der Waals surface area contributed by atoms with Crippen molar-refractivity contribution in [1.29, 1.82) is 0 Å². The minimum absolute atomic E-state index is 0.00477. The maximum atomic E-state index is 14.1. The fraction of sp³-hybridized carbons (Fsp3) is 0.667. The smallest absolute Gasteiger partial charge is 0.159 e. The van der Waals surface area contributed by atoms with E-state index < -0.39 is 12.3 Å². The fourth-order valence-electron chi connectivity index (χ4n) is 4.20. The number of aryl methyl sites for hydroxylation is 1. The second-order valence-electron chi connectivity index (χ2n) is 9.74. The largest absolute Gasteiger partial charge is 0.491 e. The van der Waals surface area contributed by atoms with Crippen LogP contribution in [0.3, 0.4) is 0 Å². The van der Waals surface area contributed by atoms with Crippen LogP contribution in [0.15, 0.2) is 36.7 Å². The van der Waals surface area contributed by atoms with Gasteiger partial charge in [-0.2, -0.15) is 0 Å². The van der Waals surface area contributed by atoms with Gasteiger partial charge in [0.1, 0.15) is 24.7 Å². The summed E-state index contributed by atoms with van der Waals surface area (Å²) in [6.45, 7) is 4.30. The van der Waals surface area contributed by atoms with Crippen molar-refractivity contribution in [2.24, 2.45) is 0 Å². The van der Waals surface area contributed by atoms with E-state index in [2.05, 4.69) is 23.8 Å². The molecule has 0 fully saturated rings. The monoisotopic (exact) mass is 488 g/mol. The van der Waals surface area contributed by atoms with Crippen molar-refractivity contribution < 1.29 is 13.5 Å². The average Bonchev–Trinajstić information content (AvgIpc) is 2.88. The van der Waals surface area contributed by atoms with Crippen LogP contribution in [0.1, 0.15) is 109 Å². The SMILES string of the molecule is CCCCCCCCCCc1cnc(-c2ccc(OCC(F)CCCC(F)CCCC)cc2)nc1. The Hall–Kier alpha value is -2.04. The Morgan fingerprint density at radius 3 is 1.91 bits per heavy atom. The fourth-order valence-corrected chi connectivity index (χ4v) is 4.20. The molecule has 0 bridgehead atoms. The summed E-state index contributed by atoms with van der Waals surface area (Å²) in [7, 11) is 0. The standard InChI is InChI=1S/C30H46F2N2O/c1-3-5-7-8-9-10-11-12-14-25-22-33-30(34-23-25)26-18-20-29(21-19-26)35-24-28(32)17-13-16-27(31)15-6-4-2/h18-23,27-28H,3-17,24H2,1-2H3. The average molecular weight is 489 g/mol. The Kier molecular flexibility index (Phi) is 15.2. The van der Waals surface area contributed by atoms with Gasteiger partial charge in [-0.05, 0) is 68.4 Å². The highest BCUT2D eigenvalue weighted by atomic mass is 19.1. The van der Waals surface area contributed by atoms with E-state index in [0.29, 0.717) is 37.3 Å². The van der Waals surface area contributed by atoms with Gasteiger partial charge in [-0.15, -0.1) is 0 Å². The van der Waals surface area contributed by atoms with E-state index in [9.17, 15) is 8.78 Å². The zero-order valence-corrected chi connectivity index (χ0v) is 22.0. The molecule has 1 aromatic carbocycles. The summed E-state index contributed by atoms with van der Waals surface area (Å²) in [5.74, 6) is 1.30. The van der Waals surface area contributed by atoms with Gasteiger partial charge in [0.05, 0.1) is 0 Å². The summed E-state index contributed by atoms with van der Waals surface area (Å²) in [5.41, 5.74) is 2.09. The molecule has 0 spiro atoms. The van der Waals surface area contributed by atoms with Crippen molar-refractivity contribution in [3.8, 4) is 17.1 Å². The molecule has 1 heterocycles. The van der Waals surface area contributed by atoms with Crippen LogP contribution in [0.25, 0.3) is 11.4 Å². The molecule has 0 saturated carbocycles. The molecule has 0 aliphatic rings. The van der Waals surface area contributed by atoms with Gasteiger partial charge in [-0.3, -0.25) is 0 Å². The molecule has 3 nitrogen and oxygen atoms in total. The summed E-state index contributed by atoms with van der Waals surface area (Å²) in [6.07, 6.45) is 17.3. The highest BCUT2D eigenvalue weighted by molar-refractivity contribution is 5.55. The van der Waals surface area contributed by atoms with Crippen molar-refractivity contribution in [1.82, 2.24) is 9.97 Å². The summed E-state index contributed by atoms with van der Waals surface area (Å²) < 4.78 is 33.3. The third-order valence-corrected chi connectivity index (χ3v) is 6.47. The van der Waals surface area contributed by atoms with Gasteiger partial charge in [-0.1, -0.05) is 71.6 Å². The number of hydrogen-bond donors (Lipinski definition) is 0. The van der Waals surface area contributed by atoms with Gasteiger partial charge in [0.15, 0.2) is 5.82 Å². The minimum Gasteiger partial charge on any atom is -0.491 e. The molecule has 2 rings (SSSR count). The topological polar surface area (TPSA) is 35.0 Å². The number of nitrogens with zero attached hydrogens (tertiary/aromatic N) is 2. The van der Waals surface area contributed by atoms with Gasteiger partial charge in [-0.25, -0.2) is 18.7 Å². The second-order valence-corrected chi connectivity index (χ2v) is 9.74. The number of halogens is 2. The molecule has 35 heavy (non-hydrogen) atoms. The zero-order valence-electron chi connectivity index (χ0n) is 22.0. The Morgan fingerprint density at radius 2 is 1.26 bits per heavy atom. The van der Waals surface area contributed by atoms with Gasteiger partial charge in [0.25, 0.3) is 0 Å². The van der Waals surface area contributed by atoms with E-state index in [1.54, 1.807) is 0 Å². The molecular formula is C30H46F2N2O. The number of unbranched alkanes of at least 4 members (excludes halogenated alkanes) is 8. The summed E-state index contributed by atoms with van der Waals surface area (Å²) in [6, 6.07) is 7.44. The van der Waals surface area contributed by atoms with Crippen LogP contribution in [0.4, 0.5) is 8.78 Å². The number of rotatable bonds is 20. The predicted octanol–water partition coefficient (Wildman–Crippen LogP) is 9.24. The van der Waals surface area contributed by atoms with Crippen LogP contribution in [0.2, 0.25) is 0 Å². The molecule has 0 N–H and O–H groups in total. The van der Waals surface area contributed by atoms with Gasteiger partial charge in [0, 0.05) is 18.0 Å². The minimum atomic E-state index is -1.08. The Morgan fingerprint density at radius 1 is 0.686 bits per heavy atom. The summed E-state index contributed by atoms with van der Waals surface area (Å²) >= 11 is 0. The van der Waals surface area contributed by atoms with Crippen molar-refractivity contribution in [2.75, 3.05) is 6.61 Å². The lowest BCUT2D eigenvalue weighted by molar-refractivity contribution is 0.178. The lowest BCUT2D eigenvalue weighted by Gasteiger charge is -2.12. The molecule has 0 aliphatic carbocycles. The number of ether oxygens (including phenoxy) is 1. The maximum Gasteiger partial charge on any atom is 0.159 e. The van der Waals surface area contributed by atoms with Crippen LogP contribution < -0.4 is 4.74 Å². The number of benzene rings is 1. The highest BCUT2D eigenvalue weighted by Crippen LogP contribution is 2.21. The Balaban J connectivity index is 1.64. The van der Waals surface area contributed by atoms with Crippen molar-refractivity contribution in [2.45, 2.75) is 123 Å². The zero-order chi connectivity index (χ0) is 25.1. The van der Waals surface area contributed by atoms with E-state index in [1.807, 2.05) is 36.7 Å². The molecule has 2 atom stereocenters. The Bertz CT molecular complexity index is 767. The van der Waals surface area contributed by atoms with E-state index in [1.165, 1.54) is 56.9 Å². The molecule has 2 aromatic rings. The first kappa shape index (κ1) is 29.2. The number of hydrogen-bond acceptors (Lipinski definition) is 3. The molecule has 196 valence electrons. The lowest BCUT2D eigenvalue weighted by Crippen LogP contribution is -2.13. The third kappa shape index (κ3) is 13.0. The van der Waals surface area contributed by atoms with E-state index in [0.717, 1.165) is 24.8 Å². The maximum absolute atomic E-state index is 14.1. The Labute approximate surface area is 212 Å². The highest BCUT2D eigenvalue weighted by Gasteiger charge is 2.11. The molecule has 5 heteroatoms. The normalized spacial score (nSPS) is 13.0. The van der Waals surface area contributed by atoms with Crippen LogP contribution in [-0.2, 0) is 6.42 Å². The predicted molar refractivity (Wildman–Crippen MR) is 142 cm³/mol. The molecule has 0 aliphatic heterocycles. The molecule has 0 radical (unpaired) electrons. The molecule has 2 unspecified atom stereocenters. The van der Waals surface area contributed by atoms with Gasteiger partial charge >= 0.3 is 0 Å². The molecule has 0 saturated heterocycles. The molecular weight excluding hydrogens is 442 g/mol. The van der Waals surface area contributed by atoms with E-state index in [4.69, 9.17) is 4.74 Å². The first-order valence-corrected chi connectivity index (χ1v) is 13.9. The summed E-state index contributed by atoms with van der Waals surface area (Å²) in [4.78, 5) is 9.05. The van der Waals surface area contributed by atoms with Crippen molar-refractivity contribution in [3.05, 3.63) is 42.2 Å². The molecule has 1 aromatic heterocycles.